The average molecular weight is 302 g/mol. The number of carboxylic acids is 1. The maximum absolute atomic E-state index is 11.9. The Kier molecular flexibility index (Phi) is 3.93. The SMILES string of the molecule is O=C(O)c1ccc(S(=O)(=O)NCCn2ccnn2)s1. The van der Waals surface area contributed by atoms with Gasteiger partial charge in [-0.3, -0.25) is 4.68 Å². The number of hydrogen-bond acceptors (Lipinski definition) is 6. The van der Waals surface area contributed by atoms with Crippen LogP contribution in [-0.2, 0) is 16.6 Å². The van der Waals surface area contributed by atoms with E-state index in [0.717, 1.165) is 0 Å². The first kappa shape index (κ1) is 13.6. The zero-order chi connectivity index (χ0) is 13.9. The number of nitrogens with zero attached hydrogens (tertiary/aromatic N) is 3. The molecule has 2 N–H and O–H groups in total. The molecule has 2 aromatic heterocycles. The van der Waals surface area contributed by atoms with Crippen LogP contribution in [0.4, 0.5) is 0 Å². The Hall–Kier alpha value is -1.78. The summed E-state index contributed by atoms with van der Waals surface area (Å²) in [5, 5.41) is 16.0. The maximum atomic E-state index is 11.9. The fourth-order valence-corrected chi connectivity index (χ4v) is 3.51. The predicted octanol–water partition coefficient (Wildman–Crippen LogP) is 0.0163. The first-order valence-electron chi connectivity index (χ1n) is 5.16. The largest absolute Gasteiger partial charge is 0.477 e. The van der Waals surface area contributed by atoms with Gasteiger partial charge in [0.2, 0.25) is 10.0 Å². The van der Waals surface area contributed by atoms with Crippen molar-refractivity contribution in [3.63, 3.8) is 0 Å². The summed E-state index contributed by atoms with van der Waals surface area (Å²) in [6.07, 6.45) is 3.11. The third-order valence-electron chi connectivity index (χ3n) is 2.16. The Morgan fingerprint density at radius 2 is 2.26 bits per heavy atom. The van der Waals surface area contributed by atoms with Gasteiger partial charge in [0, 0.05) is 12.7 Å². The second-order valence-electron chi connectivity index (χ2n) is 3.49. The van der Waals surface area contributed by atoms with Crippen molar-refractivity contribution in [3.05, 3.63) is 29.4 Å². The zero-order valence-electron chi connectivity index (χ0n) is 9.55. The number of thiophene rings is 1. The van der Waals surface area contributed by atoms with Gasteiger partial charge in [0.1, 0.15) is 9.09 Å². The number of hydrogen-bond donors (Lipinski definition) is 2. The van der Waals surface area contributed by atoms with E-state index in [-0.39, 0.29) is 15.6 Å². The van der Waals surface area contributed by atoms with Crippen LogP contribution in [-0.4, -0.2) is 41.0 Å². The molecule has 0 unspecified atom stereocenters. The summed E-state index contributed by atoms with van der Waals surface area (Å²) < 4.78 is 27.5. The third kappa shape index (κ3) is 3.36. The van der Waals surface area contributed by atoms with E-state index >= 15 is 0 Å². The number of sulfonamides is 1. The molecule has 2 aromatic rings. The van der Waals surface area contributed by atoms with Crippen LogP contribution in [0.5, 0.6) is 0 Å². The van der Waals surface area contributed by atoms with Crippen LogP contribution in [0.1, 0.15) is 9.67 Å². The van der Waals surface area contributed by atoms with E-state index in [1.165, 1.54) is 23.0 Å². The minimum atomic E-state index is -3.68. The highest BCUT2D eigenvalue weighted by Gasteiger charge is 2.18. The predicted molar refractivity (Wildman–Crippen MR) is 66.5 cm³/mol. The minimum absolute atomic E-state index is 0.0170. The van der Waals surface area contributed by atoms with Gasteiger partial charge in [0.05, 0.1) is 12.7 Å². The van der Waals surface area contributed by atoms with E-state index in [2.05, 4.69) is 15.0 Å². The lowest BCUT2D eigenvalue weighted by atomic mass is 10.5. The second-order valence-corrected chi connectivity index (χ2v) is 6.57. The maximum Gasteiger partial charge on any atom is 0.345 e. The fourth-order valence-electron chi connectivity index (χ4n) is 1.30. The monoisotopic (exact) mass is 302 g/mol. The molecule has 0 spiro atoms. The summed E-state index contributed by atoms with van der Waals surface area (Å²) in [6, 6.07) is 2.53. The van der Waals surface area contributed by atoms with Crippen LogP contribution in [0.15, 0.2) is 28.7 Å². The smallest absolute Gasteiger partial charge is 0.345 e. The second kappa shape index (κ2) is 5.47. The van der Waals surface area contributed by atoms with E-state index in [9.17, 15) is 13.2 Å². The van der Waals surface area contributed by atoms with Crippen LogP contribution in [0.25, 0.3) is 0 Å². The van der Waals surface area contributed by atoms with Crippen molar-refractivity contribution in [2.45, 2.75) is 10.8 Å². The highest BCUT2D eigenvalue weighted by atomic mass is 32.2. The van der Waals surface area contributed by atoms with Crippen molar-refractivity contribution in [3.8, 4) is 0 Å². The van der Waals surface area contributed by atoms with Crippen molar-refractivity contribution in [1.29, 1.82) is 0 Å². The molecule has 0 bridgehead atoms. The standard InChI is InChI=1S/C9H10N4O4S2/c14-9(15)7-1-2-8(18-7)19(16,17)11-4-6-13-5-3-10-12-13/h1-3,5,11H,4,6H2,(H,14,15). The molecule has 0 aromatic carbocycles. The van der Waals surface area contributed by atoms with Gasteiger partial charge < -0.3 is 5.11 Å². The molecule has 8 nitrogen and oxygen atoms in total. The van der Waals surface area contributed by atoms with Gasteiger partial charge >= 0.3 is 5.97 Å². The number of nitrogens with one attached hydrogen (secondary N) is 1. The van der Waals surface area contributed by atoms with Crippen LogP contribution in [0.3, 0.4) is 0 Å². The molecule has 2 rings (SSSR count). The molecule has 0 atom stereocenters. The Labute approximate surface area is 112 Å². The number of carboxylic acid groups (broad SMARTS) is 1. The molecule has 2 heterocycles. The first-order chi connectivity index (χ1) is 8.99. The van der Waals surface area contributed by atoms with Gasteiger partial charge in [-0.2, -0.15) is 0 Å². The fraction of sp³-hybridized carbons (Fsp3) is 0.222. The average Bonchev–Trinajstić information content (AvgIpc) is 2.99. The van der Waals surface area contributed by atoms with E-state index in [4.69, 9.17) is 5.11 Å². The zero-order valence-corrected chi connectivity index (χ0v) is 11.2. The Balaban J connectivity index is 1.99. The number of carbonyl (C=O) groups is 1. The summed E-state index contributed by atoms with van der Waals surface area (Å²) in [7, 11) is -3.68. The van der Waals surface area contributed by atoms with E-state index < -0.39 is 16.0 Å². The normalized spacial score (nSPS) is 11.6. The lowest BCUT2D eigenvalue weighted by molar-refractivity contribution is 0.0702. The molecule has 0 saturated carbocycles. The van der Waals surface area contributed by atoms with Crippen molar-refractivity contribution in [1.82, 2.24) is 19.7 Å². The molecule has 0 aliphatic rings. The van der Waals surface area contributed by atoms with Gasteiger partial charge in [-0.05, 0) is 12.1 Å². The Morgan fingerprint density at radius 1 is 1.47 bits per heavy atom. The summed E-state index contributed by atoms with van der Waals surface area (Å²) in [5.74, 6) is -1.14. The Bertz CT molecular complexity index is 662. The van der Waals surface area contributed by atoms with Gasteiger partial charge in [-0.25, -0.2) is 17.9 Å². The third-order valence-corrected chi connectivity index (χ3v) is 5.19. The van der Waals surface area contributed by atoms with Gasteiger partial charge in [-0.15, -0.1) is 16.4 Å². The summed E-state index contributed by atoms with van der Waals surface area (Å²) in [5.41, 5.74) is 0. The molecule has 0 aliphatic carbocycles. The van der Waals surface area contributed by atoms with Crippen LogP contribution >= 0.6 is 11.3 Å². The van der Waals surface area contributed by atoms with Crippen LogP contribution in [0.2, 0.25) is 0 Å². The van der Waals surface area contributed by atoms with E-state index in [1.54, 1.807) is 6.20 Å². The first-order valence-corrected chi connectivity index (χ1v) is 7.46. The van der Waals surface area contributed by atoms with Crippen molar-refractivity contribution in [2.75, 3.05) is 6.54 Å². The molecular formula is C9H10N4O4S2. The topological polar surface area (TPSA) is 114 Å². The molecular weight excluding hydrogens is 292 g/mol. The van der Waals surface area contributed by atoms with Crippen molar-refractivity contribution >= 4 is 27.3 Å². The highest BCUT2D eigenvalue weighted by Crippen LogP contribution is 2.21. The lowest BCUT2D eigenvalue weighted by Crippen LogP contribution is -2.27. The molecule has 0 saturated heterocycles. The quantitative estimate of drug-likeness (QED) is 0.777. The summed E-state index contributed by atoms with van der Waals surface area (Å²) in [4.78, 5) is 10.7. The van der Waals surface area contributed by atoms with Crippen LogP contribution in [0, 0.1) is 0 Å². The van der Waals surface area contributed by atoms with E-state index in [0.29, 0.717) is 17.9 Å². The lowest BCUT2D eigenvalue weighted by Gasteiger charge is -2.04. The van der Waals surface area contributed by atoms with Gasteiger partial charge in [0.25, 0.3) is 0 Å². The molecule has 0 amide bonds. The summed E-state index contributed by atoms with van der Waals surface area (Å²) >= 11 is 0.711. The number of aromatic carboxylic acids is 1. The van der Waals surface area contributed by atoms with E-state index in [1.807, 2.05) is 0 Å². The molecule has 0 radical (unpaired) electrons. The van der Waals surface area contributed by atoms with Gasteiger partial charge in [-0.1, -0.05) is 5.21 Å². The minimum Gasteiger partial charge on any atom is -0.477 e. The molecule has 0 aliphatic heterocycles. The molecule has 102 valence electrons. The molecule has 10 heteroatoms. The molecule has 0 fully saturated rings. The Morgan fingerprint density at radius 3 is 2.84 bits per heavy atom. The number of aromatic nitrogens is 3. The van der Waals surface area contributed by atoms with Crippen molar-refractivity contribution < 1.29 is 18.3 Å². The molecule has 19 heavy (non-hydrogen) atoms. The van der Waals surface area contributed by atoms with Crippen molar-refractivity contribution in [2.24, 2.45) is 0 Å². The number of rotatable bonds is 6. The highest BCUT2D eigenvalue weighted by molar-refractivity contribution is 7.91. The van der Waals surface area contributed by atoms with Crippen LogP contribution < -0.4 is 4.72 Å². The van der Waals surface area contributed by atoms with Gasteiger partial charge in [0.15, 0.2) is 0 Å². The summed E-state index contributed by atoms with van der Waals surface area (Å²) in [6.45, 7) is 0.488.